The largest absolute Gasteiger partial charge is 0.324 e. The average Bonchev–Trinajstić information content (AvgIpc) is 2.28. The average molecular weight is 374 g/mol. The Bertz CT molecular complexity index is 560. The lowest BCUT2D eigenvalue weighted by Crippen LogP contribution is -2.14. The molecule has 0 aliphatic heterocycles. The molecular formula is C13H11Br2FN2. The monoisotopic (exact) mass is 372 g/mol. The second-order valence-corrected chi connectivity index (χ2v) is 5.76. The smallest absolute Gasteiger partial charge is 0.124 e. The highest BCUT2D eigenvalue weighted by Crippen LogP contribution is 2.25. The van der Waals surface area contributed by atoms with Crippen molar-refractivity contribution in [2.45, 2.75) is 12.5 Å². The Balaban J connectivity index is 2.19. The fraction of sp³-hybridized carbons (Fsp3) is 0.154. The Labute approximate surface area is 122 Å². The second-order valence-electron chi connectivity index (χ2n) is 3.99. The van der Waals surface area contributed by atoms with Gasteiger partial charge in [-0.25, -0.2) is 4.39 Å². The number of rotatable bonds is 3. The molecule has 5 heteroatoms. The van der Waals surface area contributed by atoms with Gasteiger partial charge in [0, 0.05) is 27.4 Å². The zero-order valence-electron chi connectivity index (χ0n) is 9.41. The fourth-order valence-electron chi connectivity index (χ4n) is 1.73. The zero-order valence-corrected chi connectivity index (χ0v) is 12.6. The number of hydrogen-bond acceptors (Lipinski definition) is 2. The van der Waals surface area contributed by atoms with Crippen LogP contribution in [0.2, 0.25) is 0 Å². The van der Waals surface area contributed by atoms with Crippen molar-refractivity contribution < 1.29 is 4.39 Å². The molecule has 1 aromatic carbocycles. The molecule has 2 aromatic rings. The predicted molar refractivity (Wildman–Crippen MR) is 76.7 cm³/mol. The van der Waals surface area contributed by atoms with Crippen molar-refractivity contribution >= 4 is 31.9 Å². The van der Waals surface area contributed by atoms with E-state index in [-0.39, 0.29) is 11.9 Å². The van der Waals surface area contributed by atoms with Gasteiger partial charge in [0.15, 0.2) is 0 Å². The van der Waals surface area contributed by atoms with Gasteiger partial charge in [0.05, 0.1) is 0 Å². The first-order chi connectivity index (χ1) is 8.56. The lowest BCUT2D eigenvalue weighted by Gasteiger charge is -2.14. The van der Waals surface area contributed by atoms with Crippen LogP contribution in [-0.2, 0) is 6.42 Å². The first-order valence-corrected chi connectivity index (χ1v) is 6.95. The molecule has 1 aromatic heterocycles. The van der Waals surface area contributed by atoms with Gasteiger partial charge in [-0.15, -0.1) is 0 Å². The maximum atomic E-state index is 13.0. The first kappa shape index (κ1) is 13.6. The molecule has 0 saturated carbocycles. The van der Waals surface area contributed by atoms with Gasteiger partial charge in [0.2, 0.25) is 0 Å². The minimum atomic E-state index is -0.276. The standard InChI is InChI=1S/C13H11Br2FN2/c14-9-3-8(6-18-7-9)4-13(17)11-2-1-10(16)5-12(11)15/h1-3,5-7,13H,4,17H2. The third-order valence-corrected chi connectivity index (χ3v) is 3.70. The summed E-state index contributed by atoms with van der Waals surface area (Å²) in [6, 6.07) is 6.32. The molecule has 0 radical (unpaired) electrons. The van der Waals surface area contributed by atoms with Gasteiger partial charge in [0.25, 0.3) is 0 Å². The molecule has 0 aliphatic carbocycles. The van der Waals surface area contributed by atoms with Gasteiger partial charge < -0.3 is 5.73 Å². The number of nitrogens with zero attached hydrogens (tertiary/aromatic N) is 1. The highest BCUT2D eigenvalue weighted by Gasteiger charge is 2.11. The van der Waals surface area contributed by atoms with E-state index in [1.807, 2.05) is 6.07 Å². The van der Waals surface area contributed by atoms with Crippen molar-refractivity contribution in [3.8, 4) is 0 Å². The molecule has 0 fully saturated rings. The minimum absolute atomic E-state index is 0.198. The molecule has 2 N–H and O–H groups in total. The van der Waals surface area contributed by atoms with Crippen molar-refractivity contribution in [1.82, 2.24) is 4.98 Å². The Hall–Kier alpha value is -0.780. The van der Waals surface area contributed by atoms with Gasteiger partial charge in [-0.2, -0.15) is 0 Å². The van der Waals surface area contributed by atoms with Crippen molar-refractivity contribution in [3.05, 3.63) is 62.5 Å². The third-order valence-electron chi connectivity index (χ3n) is 2.58. The number of pyridine rings is 1. The molecule has 18 heavy (non-hydrogen) atoms. The van der Waals surface area contributed by atoms with Crippen molar-refractivity contribution in [2.24, 2.45) is 5.73 Å². The van der Waals surface area contributed by atoms with Crippen LogP contribution in [0.15, 0.2) is 45.6 Å². The molecule has 0 saturated heterocycles. The van der Waals surface area contributed by atoms with Crippen molar-refractivity contribution in [2.75, 3.05) is 0 Å². The Kier molecular flexibility index (Phi) is 4.48. The molecule has 2 nitrogen and oxygen atoms in total. The molecule has 0 bridgehead atoms. The normalized spacial score (nSPS) is 12.4. The first-order valence-electron chi connectivity index (χ1n) is 5.36. The Morgan fingerprint density at radius 3 is 2.67 bits per heavy atom. The van der Waals surface area contributed by atoms with Crippen LogP contribution in [0.5, 0.6) is 0 Å². The fourth-order valence-corrected chi connectivity index (χ4v) is 2.79. The molecule has 0 aliphatic rings. The molecule has 1 atom stereocenters. The van der Waals surface area contributed by atoms with E-state index in [1.165, 1.54) is 12.1 Å². The highest BCUT2D eigenvalue weighted by molar-refractivity contribution is 9.10. The van der Waals surface area contributed by atoms with Crippen LogP contribution >= 0.6 is 31.9 Å². The topological polar surface area (TPSA) is 38.9 Å². The summed E-state index contributed by atoms with van der Waals surface area (Å²) < 4.78 is 14.6. The minimum Gasteiger partial charge on any atom is -0.324 e. The second kappa shape index (κ2) is 5.91. The molecule has 1 heterocycles. The molecule has 0 amide bonds. The summed E-state index contributed by atoms with van der Waals surface area (Å²) in [4.78, 5) is 4.09. The van der Waals surface area contributed by atoms with E-state index in [0.717, 1.165) is 15.6 Å². The highest BCUT2D eigenvalue weighted by atomic mass is 79.9. The van der Waals surface area contributed by atoms with Crippen LogP contribution in [0.1, 0.15) is 17.2 Å². The molecule has 2 rings (SSSR count). The Morgan fingerprint density at radius 2 is 2.00 bits per heavy atom. The van der Waals surface area contributed by atoms with Crippen molar-refractivity contribution in [3.63, 3.8) is 0 Å². The summed E-state index contributed by atoms with van der Waals surface area (Å²) in [7, 11) is 0. The van der Waals surface area contributed by atoms with Gasteiger partial charge in [-0.05, 0) is 51.7 Å². The maximum Gasteiger partial charge on any atom is 0.124 e. The lowest BCUT2D eigenvalue weighted by molar-refractivity contribution is 0.623. The van der Waals surface area contributed by atoms with E-state index >= 15 is 0 Å². The van der Waals surface area contributed by atoms with E-state index in [0.29, 0.717) is 10.9 Å². The summed E-state index contributed by atoms with van der Waals surface area (Å²) in [5, 5.41) is 0. The van der Waals surface area contributed by atoms with Gasteiger partial charge in [0.1, 0.15) is 5.82 Å². The van der Waals surface area contributed by atoms with Gasteiger partial charge >= 0.3 is 0 Å². The lowest BCUT2D eigenvalue weighted by atomic mass is 10.0. The van der Waals surface area contributed by atoms with Crippen molar-refractivity contribution in [1.29, 1.82) is 0 Å². The number of hydrogen-bond donors (Lipinski definition) is 1. The number of aromatic nitrogens is 1. The van der Waals surface area contributed by atoms with E-state index in [4.69, 9.17) is 5.73 Å². The van der Waals surface area contributed by atoms with Crippen LogP contribution in [-0.4, -0.2) is 4.98 Å². The Morgan fingerprint density at radius 1 is 1.22 bits per heavy atom. The van der Waals surface area contributed by atoms with E-state index in [9.17, 15) is 4.39 Å². The molecule has 0 spiro atoms. The van der Waals surface area contributed by atoms with Crippen LogP contribution in [0.3, 0.4) is 0 Å². The van der Waals surface area contributed by atoms with Gasteiger partial charge in [-0.1, -0.05) is 22.0 Å². The summed E-state index contributed by atoms with van der Waals surface area (Å²) >= 11 is 6.70. The van der Waals surface area contributed by atoms with Gasteiger partial charge in [-0.3, -0.25) is 4.98 Å². The maximum absolute atomic E-state index is 13.0. The molecular weight excluding hydrogens is 363 g/mol. The molecule has 1 unspecified atom stereocenters. The number of benzene rings is 1. The summed E-state index contributed by atoms with van der Waals surface area (Å²) in [5.74, 6) is -0.276. The summed E-state index contributed by atoms with van der Waals surface area (Å²) in [6.07, 6.45) is 4.15. The zero-order chi connectivity index (χ0) is 13.1. The SMILES string of the molecule is NC(Cc1cncc(Br)c1)c1ccc(F)cc1Br. The van der Waals surface area contributed by atoms with E-state index in [1.54, 1.807) is 18.5 Å². The van der Waals surface area contributed by atoms with E-state index < -0.39 is 0 Å². The van der Waals surface area contributed by atoms with Crippen LogP contribution in [0.25, 0.3) is 0 Å². The quantitative estimate of drug-likeness (QED) is 0.883. The third kappa shape index (κ3) is 3.37. The predicted octanol–water partition coefficient (Wildman–Crippen LogP) is 3.99. The number of halogens is 3. The van der Waals surface area contributed by atoms with Crippen LogP contribution < -0.4 is 5.73 Å². The molecule has 94 valence electrons. The van der Waals surface area contributed by atoms with Crippen LogP contribution in [0, 0.1) is 5.82 Å². The number of nitrogens with two attached hydrogens (primary N) is 1. The summed E-state index contributed by atoms with van der Waals surface area (Å²) in [6.45, 7) is 0. The van der Waals surface area contributed by atoms with Crippen LogP contribution in [0.4, 0.5) is 4.39 Å². The van der Waals surface area contributed by atoms with E-state index in [2.05, 4.69) is 36.8 Å². The summed E-state index contributed by atoms with van der Waals surface area (Å²) in [5.41, 5.74) is 8.05.